The normalized spacial score (nSPS) is 10.9. The number of unbranched alkanes of at least 4 members (excludes halogenated alkanes) is 24. The molecular formula is C52H86BaO6. The van der Waals surface area contributed by atoms with E-state index in [0.29, 0.717) is 11.1 Å². The Hall–Kier alpha value is -1.45. The van der Waals surface area contributed by atoms with Gasteiger partial charge in [-0.15, -0.1) is 0 Å². The van der Waals surface area contributed by atoms with Gasteiger partial charge in [-0.3, -0.25) is 0 Å². The third kappa shape index (κ3) is 24.7. The molecule has 0 bridgehead atoms. The number of aromatic hydroxyl groups is 2. The van der Waals surface area contributed by atoms with Gasteiger partial charge in [0.05, 0.1) is 11.9 Å². The molecule has 332 valence electrons. The van der Waals surface area contributed by atoms with Crippen LogP contribution in [0, 0.1) is 13.8 Å². The van der Waals surface area contributed by atoms with Crippen LogP contribution in [0.5, 0.6) is 11.5 Å². The van der Waals surface area contributed by atoms with Crippen molar-refractivity contribution < 1.29 is 30.0 Å². The van der Waals surface area contributed by atoms with Crippen molar-refractivity contribution in [3.63, 3.8) is 0 Å². The Kier molecular flexibility index (Phi) is 36.2. The average molecular weight is 945 g/mol. The summed E-state index contributed by atoms with van der Waals surface area (Å²) in [7, 11) is 0. The minimum atomic E-state index is -1.16. The third-order valence-corrected chi connectivity index (χ3v) is 12.1. The van der Waals surface area contributed by atoms with E-state index in [0.717, 1.165) is 99.3 Å². The molecule has 2 N–H and O–H groups in total. The van der Waals surface area contributed by atoms with Gasteiger partial charge in [-0.1, -0.05) is 182 Å². The number of phenols is 2. The fourth-order valence-corrected chi connectivity index (χ4v) is 8.38. The molecule has 0 aliphatic rings. The number of hydrogen-bond acceptors (Lipinski definition) is 6. The minimum absolute atomic E-state index is 0. The zero-order valence-corrected chi connectivity index (χ0v) is 43.5. The molecule has 0 atom stereocenters. The van der Waals surface area contributed by atoms with Gasteiger partial charge in [-0.05, 0) is 99.6 Å². The van der Waals surface area contributed by atoms with Crippen LogP contribution in [0.1, 0.15) is 262 Å². The molecule has 6 nitrogen and oxygen atoms in total. The van der Waals surface area contributed by atoms with Gasteiger partial charge in [0, 0.05) is 22.3 Å². The number of benzene rings is 2. The maximum absolute atomic E-state index is 11.8. The van der Waals surface area contributed by atoms with Crippen LogP contribution in [0.2, 0.25) is 0 Å². The first-order valence-electron chi connectivity index (χ1n) is 24.2. The van der Waals surface area contributed by atoms with Crippen molar-refractivity contribution in [3.05, 3.63) is 56.6 Å². The number of carboxylic acid groups (broad SMARTS) is 2. The molecule has 2 aromatic carbocycles. The van der Waals surface area contributed by atoms with E-state index >= 15 is 0 Å². The van der Waals surface area contributed by atoms with Crippen LogP contribution in [0.15, 0.2) is 12.1 Å². The predicted octanol–water partition coefficient (Wildman–Crippen LogP) is 12.9. The SMILES string of the molecule is CCCCCCCCCc1cc(O)c(C)c(C(=O)[O-])c1CCCCCCCCC.CCCCCCCCCc1cc(O)c(C)c(C(=O)[O-])c1CCCCCCCCC.[Ba+2]. The Labute approximate surface area is 402 Å². The van der Waals surface area contributed by atoms with Crippen molar-refractivity contribution >= 4 is 60.8 Å². The van der Waals surface area contributed by atoms with Crippen molar-refractivity contribution in [2.24, 2.45) is 0 Å². The van der Waals surface area contributed by atoms with Crippen LogP contribution >= 0.6 is 0 Å². The Morgan fingerprint density at radius 2 is 0.627 bits per heavy atom. The van der Waals surface area contributed by atoms with Crippen molar-refractivity contribution in [1.29, 1.82) is 0 Å². The van der Waals surface area contributed by atoms with Gasteiger partial charge < -0.3 is 30.0 Å². The van der Waals surface area contributed by atoms with E-state index in [4.69, 9.17) is 0 Å². The van der Waals surface area contributed by atoms with E-state index in [2.05, 4.69) is 27.7 Å². The van der Waals surface area contributed by atoms with E-state index in [1.807, 2.05) is 0 Å². The minimum Gasteiger partial charge on any atom is -0.545 e. The summed E-state index contributed by atoms with van der Waals surface area (Å²) in [6, 6.07) is 3.60. The molecule has 0 aromatic heterocycles. The first-order valence-corrected chi connectivity index (χ1v) is 24.2. The summed E-state index contributed by atoms with van der Waals surface area (Å²) >= 11 is 0. The number of carbonyl (C=O) groups excluding carboxylic acids is 2. The fourth-order valence-electron chi connectivity index (χ4n) is 8.38. The van der Waals surface area contributed by atoms with E-state index in [-0.39, 0.29) is 71.5 Å². The van der Waals surface area contributed by atoms with Crippen molar-refractivity contribution in [2.75, 3.05) is 0 Å². The molecule has 0 radical (unpaired) electrons. The second-order valence-corrected chi connectivity index (χ2v) is 17.1. The summed E-state index contributed by atoms with van der Waals surface area (Å²) in [5.74, 6) is -2.13. The quantitative estimate of drug-likeness (QED) is 0.0532. The molecule has 0 fully saturated rings. The molecule has 0 aliphatic heterocycles. The Balaban J connectivity index is 0.00000112. The van der Waals surface area contributed by atoms with Crippen molar-refractivity contribution in [3.8, 4) is 11.5 Å². The van der Waals surface area contributed by atoms with Crippen LogP contribution in [-0.4, -0.2) is 71.0 Å². The summed E-state index contributed by atoms with van der Waals surface area (Å²) in [5, 5.41) is 44.1. The Bertz CT molecular complexity index is 1300. The zero-order chi connectivity index (χ0) is 43.0. The molecule has 0 saturated heterocycles. The number of aryl methyl sites for hydroxylation is 2. The number of rotatable bonds is 34. The molecule has 0 heterocycles. The van der Waals surface area contributed by atoms with Crippen LogP contribution in [-0.2, 0) is 25.7 Å². The number of aromatic carboxylic acids is 2. The largest absolute Gasteiger partial charge is 2.00 e. The number of phenolic OH excluding ortho intramolecular Hbond substituents is 2. The summed E-state index contributed by atoms with van der Waals surface area (Å²) < 4.78 is 0. The summed E-state index contributed by atoms with van der Waals surface area (Å²) in [4.78, 5) is 23.6. The van der Waals surface area contributed by atoms with E-state index in [1.165, 1.54) is 128 Å². The molecule has 2 aromatic rings. The monoisotopic (exact) mass is 945 g/mol. The summed E-state index contributed by atoms with van der Waals surface area (Å²) in [5.41, 5.74) is 5.18. The zero-order valence-electron chi connectivity index (χ0n) is 39.0. The van der Waals surface area contributed by atoms with Crippen LogP contribution in [0.25, 0.3) is 0 Å². The molecule has 59 heavy (non-hydrogen) atoms. The molecule has 0 amide bonds. The van der Waals surface area contributed by atoms with Crippen molar-refractivity contribution in [2.45, 2.75) is 247 Å². The number of carboxylic acids is 2. The Morgan fingerprint density at radius 1 is 0.407 bits per heavy atom. The van der Waals surface area contributed by atoms with Gasteiger partial charge in [-0.2, -0.15) is 0 Å². The fraction of sp³-hybridized carbons (Fsp3) is 0.731. The van der Waals surface area contributed by atoms with Crippen molar-refractivity contribution in [1.82, 2.24) is 0 Å². The van der Waals surface area contributed by atoms with E-state index in [1.54, 1.807) is 26.0 Å². The predicted molar refractivity (Wildman–Crippen MR) is 247 cm³/mol. The van der Waals surface area contributed by atoms with Gasteiger partial charge in [0.15, 0.2) is 0 Å². The standard InChI is InChI=1S/2C26H44O3.Ba/c2*1-4-6-8-10-12-14-16-18-22-20-24(27)21(3)25(26(28)29)23(22)19-17-15-13-11-9-7-5-2;/h2*20,27H,4-19H2,1-3H3,(H,28,29);/q;;+2/p-2. The van der Waals surface area contributed by atoms with Gasteiger partial charge in [0.2, 0.25) is 0 Å². The molecule has 0 aliphatic carbocycles. The van der Waals surface area contributed by atoms with Crippen LogP contribution in [0.3, 0.4) is 0 Å². The maximum Gasteiger partial charge on any atom is 2.00 e. The molecule has 7 heteroatoms. The molecule has 0 saturated carbocycles. The van der Waals surface area contributed by atoms with E-state index in [9.17, 15) is 30.0 Å². The summed E-state index contributed by atoms with van der Waals surface area (Å²) in [6.45, 7) is 12.3. The molecule has 2 rings (SSSR count). The third-order valence-electron chi connectivity index (χ3n) is 12.1. The maximum atomic E-state index is 11.8. The smallest absolute Gasteiger partial charge is 0.545 e. The first kappa shape index (κ1) is 57.6. The second kappa shape index (κ2) is 37.1. The summed E-state index contributed by atoms with van der Waals surface area (Å²) in [6.07, 6.45) is 37.3. The number of carbonyl (C=O) groups is 2. The molecule has 0 unspecified atom stereocenters. The van der Waals surface area contributed by atoms with Gasteiger partial charge in [0.25, 0.3) is 0 Å². The molecular weight excluding hydrogens is 858 g/mol. The van der Waals surface area contributed by atoms with Crippen LogP contribution in [0.4, 0.5) is 0 Å². The first-order chi connectivity index (χ1) is 28.0. The van der Waals surface area contributed by atoms with Crippen LogP contribution < -0.4 is 10.2 Å². The topological polar surface area (TPSA) is 121 Å². The van der Waals surface area contributed by atoms with E-state index < -0.39 is 11.9 Å². The van der Waals surface area contributed by atoms with Gasteiger partial charge >= 0.3 is 48.9 Å². The average Bonchev–Trinajstić information content (AvgIpc) is 3.19. The van der Waals surface area contributed by atoms with Gasteiger partial charge in [0.1, 0.15) is 11.5 Å². The Morgan fingerprint density at radius 3 is 0.864 bits per heavy atom. The number of hydrogen-bond donors (Lipinski definition) is 2. The van der Waals surface area contributed by atoms with Gasteiger partial charge in [-0.25, -0.2) is 0 Å². The molecule has 0 spiro atoms. The second-order valence-electron chi connectivity index (χ2n) is 17.1.